The first kappa shape index (κ1) is 14.9. The number of para-hydroxylation sites is 1. The molecule has 0 amide bonds. The van der Waals surface area contributed by atoms with Gasteiger partial charge < -0.3 is 10.5 Å². The van der Waals surface area contributed by atoms with Crippen LogP contribution in [0.5, 0.6) is 11.5 Å². The maximum atomic E-state index is 13.9. The second-order valence-corrected chi connectivity index (χ2v) is 4.42. The van der Waals surface area contributed by atoms with Crippen LogP contribution in [-0.2, 0) is 0 Å². The number of nitro groups is 1. The molecule has 7 heteroatoms. The molecule has 0 radical (unpaired) electrons. The zero-order valence-corrected chi connectivity index (χ0v) is 11.0. The van der Waals surface area contributed by atoms with E-state index in [2.05, 4.69) is 0 Å². The van der Waals surface area contributed by atoms with Gasteiger partial charge in [-0.3, -0.25) is 10.1 Å². The molecular formula is C14H12F2N2O3. The van der Waals surface area contributed by atoms with Gasteiger partial charge in [0.15, 0.2) is 11.6 Å². The SMILES string of the molecule is CC(N)c1cccc(F)c1Oc1cc(F)ccc1[N+](=O)[O-]. The monoisotopic (exact) mass is 294 g/mol. The third kappa shape index (κ3) is 3.14. The van der Waals surface area contributed by atoms with E-state index in [4.69, 9.17) is 10.5 Å². The van der Waals surface area contributed by atoms with Gasteiger partial charge >= 0.3 is 5.69 Å². The standard InChI is InChI=1S/C14H12F2N2O3/c1-8(17)10-3-2-4-11(16)14(10)21-13-7-9(15)5-6-12(13)18(19)20/h2-8H,17H2,1H3. The van der Waals surface area contributed by atoms with Crippen LogP contribution in [0, 0.1) is 21.7 Å². The molecule has 1 unspecified atom stereocenters. The number of halogens is 2. The maximum Gasteiger partial charge on any atom is 0.311 e. The van der Waals surface area contributed by atoms with Crippen LogP contribution in [0.3, 0.4) is 0 Å². The Morgan fingerprint density at radius 2 is 2.00 bits per heavy atom. The summed E-state index contributed by atoms with van der Waals surface area (Å²) in [7, 11) is 0. The summed E-state index contributed by atoms with van der Waals surface area (Å²) >= 11 is 0. The average molecular weight is 294 g/mol. The van der Waals surface area contributed by atoms with E-state index in [1.165, 1.54) is 12.1 Å². The van der Waals surface area contributed by atoms with E-state index in [9.17, 15) is 18.9 Å². The Hall–Kier alpha value is -2.54. The number of nitrogens with zero attached hydrogens (tertiary/aromatic N) is 1. The van der Waals surface area contributed by atoms with Crippen molar-refractivity contribution >= 4 is 5.69 Å². The van der Waals surface area contributed by atoms with Crippen molar-refractivity contribution in [2.45, 2.75) is 13.0 Å². The number of nitro benzene ring substituents is 1. The molecule has 0 saturated carbocycles. The van der Waals surface area contributed by atoms with E-state index in [-0.39, 0.29) is 11.5 Å². The normalized spacial score (nSPS) is 12.0. The van der Waals surface area contributed by atoms with E-state index in [0.29, 0.717) is 5.56 Å². The maximum absolute atomic E-state index is 13.9. The highest BCUT2D eigenvalue weighted by molar-refractivity contribution is 5.50. The molecule has 21 heavy (non-hydrogen) atoms. The Balaban J connectivity index is 2.53. The first-order chi connectivity index (χ1) is 9.90. The van der Waals surface area contributed by atoms with Gasteiger partial charge in [0.2, 0.25) is 5.75 Å². The molecule has 0 fully saturated rings. The molecule has 2 aromatic carbocycles. The Morgan fingerprint density at radius 1 is 1.29 bits per heavy atom. The predicted molar refractivity (Wildman–Crippen MR) is 72.1 cm³/mol. The second kappa shape index (κ2) is 5.84. The number of ether oxygens (including phenoxy) is 1. The van der Waals surface area contributed by atoms with Crippen LogP contribution in [0.1, 0.15) is 18.5 Å². The van der Waals surface area contributed by atoms with Gasteiger partial charge in [0, 0.05) is 23.7 Å². The lowest BCUT2D eigenvalue weighted by Gasteiger charge is -2.14. The van der Waals surface area contributed by atoms with Crippen LogP contribution in [-0.4, -0.2) is 4.92 Å². The van der Waals surface area contributed by atoms with Gasteiger partial charge in [0.05, 0.1) is 4.92 Å². The fraction of sp³-hybridized carbons (Fsp3) is 0.143. The molecular weight excluding hydrogens is 282 g/mol. The van der Waals surface area contributed by atoms with Gasteiger partial charge in [-0.15, -0.1) is 0 Å². The number of benzene rings is 2. The minimum atomic E-state index is -0.735. The third-order valence-corrected chi connectivity index (χ3v) is 2.82. The first-order valence-corrected chi connectivity index (χ1v) is 6.06. The molecule has 2 N–H and O–H groups in total. The quantitative estimate of drug-likeness (QED) is 0.689. The minimum Gasteiger partial charge on any atom is -0.447 e. The minimum absolute atomic E-state index is 0.249. The average Bonchev–Trinajstić information content (AvgIpc) is 2.40. The van der Waals surface area contributed by atoms with E-state index >= 15 is 0 Å². The summed E-state index contributed by atoms with van der Waals surface area (Å²) in [5, 5.41) is 10.9. The third-order valence-electron chi connectivity index (χ3n) is 2.82. The number of hydrogen-bond acceptors (Lipinski definition) is 4. The Kier molecular flexibility index (Phi) is 4.13. The van der Waals surface area contributed by atoms with E-state index < -0.39 is 28.3 Å². The molecule has 0 spiro atoms. The van der Waals surface area contributed by atoms with Crippen LogP contribution in [0.2, 0.25) is 0 Å². The smallest absolute Gasteiger partial charge is 0.311 e. The lowest BCUT2D eigenvalue weighted by molar-refractivity contribution is -0.385. The Labute approximate surface area is 119 Å². The molecule has 2 rings (SSSR count). The van der Waals surface area contributed by atoms with Crippen molar-refractivity contribution in [1.82, 2.24) is 0 Å². The molecule has 1 atom stereocenters. The van der Waals surface area contributed by atoms with Crippen LogP contribution in [0.15, 0.2) is 36.4 Å². The summed E-state index contributed by atoms with van der Waals surface area (Å²) in [5.41, 5.74) is 5.57. The van der Waals surface area contributed by atoms with Crippen LogP contribution < -0.4 is 10.5 Å². The Bertz CT molecular complexity index is 690. The van der Waals surface area contributed by atoms with Crippen LogP contribution in [0.4, 0.5) is 14.5 Å². The summed E-state index contributed by atoms with van der Waals surface area (Å²) in [6.45, 7) is 1.61. The summed E-state index contributed by atoms with van der Waals surface area (Å²) in [5.74, 6) is -2.09. The summed E-state index contributed by atoms with van der Waals surface area (Å²) in [6.07, 6.45) is 0. The Morgan fingerprint density at radius 3 is 2.62 bits per heavy atom. The van der Waals surface area contributed by atoms with Crippen molar-refractivity contribution in [2.75, 3.05) is 0 Å². The number of rotatable bonds is 4. The summed E-state index contributed by atoms with van der Waals surface area (Å²) < 4.78 is 32.4. The highest BCUT2D eigenvalue weighted by Crippen LogP contribution is 2.36. The lowest BCUT2D eigenvalue weighted by Crippen LogP contribution is -2.08. The fourth-order valence-corrected chi connectivity index (χ4v) is 1.82. The van der Waals surface area contributed by atoms with Crippen LogP contribution >= 0.6 is 0 Å². The van der Waals surface area contributed by atoms with Gasteiger partial charge in [-0.2, -0.15) is 0 Å². The first-order valence-electron chi connectivity index (χ1n) is 6.06. The molecule has 0 bridgehead atoms. The van der Waals surface area contributed by atoms with E-state index in [0.717, 1.165) is 24.3 Å². The lowest BCUT2D eigenvalue weighted by atomic mass is 10.1. The molecule has 0 aliphatic heterocycles. The highest BCUT2D eigenvalue weighted by atomic mass is 19.1. The van der Waals surface area contributed by atoms with Crippen molar-refractivity contribution in [3.8, 4) is 11.5 Å². The molecule has 5 nitrogen and oxygen atoms in total. The predicted octanol–water partition coefficient (Wildman–Crippen LogP) is 3.69. The molecule has 0 aromatic heterocycles. The zero-order valence-electron chi connectivity index (χ0n) is 11.0. The molecule has 2 aromatic rings. The van der Waals surface area contributed by atoms with Crippen LogP contribution in [0.25, 0.3) is 0 Å². The van der Waals surface area contributed by atoms with Gasteiger partial charge in [0.1, 0.15) is 5.82 Å². The molecule has 0 aliphatic rings. The topological polar surface area (TPSA) is 78.4 Å². The van der Waals surface area contributed by atoms with E-state index in [1.54, 1.807) is 6.92 Å². The molecule has 0 aliphatic carbocycles. The second-order valence-electron chi connectivity index (χ2n) is 4.42. The van der Waals surface area contributed by atoms with Crippen molar-refractivity contribution < 1.29 is 18.4 Å². The highest BCUT2D eigenvalue weighted by Gasteiger charge is 2.20. The van der Waals surface area contributed by atoms with Crippen molar-refractivity contribution in [2.24, 2.45) is 5.73 Å². The van der Waals surface area contributed by atoms with Crippen molar-refractivity contribution in [1.29, 1.82) is 0 Å². The van der Waals surface area contributed by atoms with Gasteiger partial charge in [-0.05, 0) is 19.1 Å². The molecule has 0 heterocycles. The largest absolute Gasteiger partial charge is 0.447 e. The van der Waals surface area contributed by atoms with Crippen molar-refractivity contribution in [3.05, 3.63) is 63.7 Å². The zero-order chi connectivity index (χ0) is 15.6. The number of nitrogens with two attached hydrogens (primary N) is 1. The summed E-state index contributed by atoms with van der Waals surface area (Å²) in [6, 6.07) is 6.27. The number of hydrogen-bond donors (Lipinski definition) is 1. The molecule has 0 saturated heterocycles. The van der Waals surface area contributed by atoms with Gasteiger partial charge in [-0.1, -0.05) is 12.1 Å². The fourth-order valence-electron chi connectivity index (χ4n) is 1.82. The van der Waals surface area contributed by atoms with Crippen molar-refractivity contribution in [3.63, 3.8) is 0 Å². The van der Waals surface area contributed by atoms with Gasteiger partial charge in [-0.25, -0.2) is 8.78 Å². The van der Waals surface area contributed by atoms with E-state index in [1.807, 2.05) is 0 Å². The molecule has 110 valence electrons. The summed E-state index contributed by atoms with van der Waals surface area (Å²) in [4.78, 5) is 10.2. The van der Waals surface area contributed by atoms with Gasteiger partial charge in [0.25, 0.3) is 0 Å².